The van der Waals surface area contributed by atoms with Crippen LogP contribution in [-0.4, -0.2) is 108 Å². The molecule has 2 saturated heterocycles. The van der Waals surface area contributed by atoms with E-state index in [0.29, 0.717) is 56.9 Å². The topological polar surface area (TPSA) is 84.5 Å². The van der Waals surface area contributed by atoms with Gasteiger partial charge in [0.15, 0.2) is 0 Å². The average Bonchev–Trinajstić information content (AvgIpc) is 3.07. The molecular weight excluding hydrogens is 666 g/mol. The smallest absolute Gasteiger partial charge is 0.282 e. The summed E-state index contributed by atoms with van der Waals surface area (Å²) in [5.74, 6) is 0.853. The molecule has 5 rings (SSSR count). The molecule has 0 atom stereocenters. The molecule has 0 unspecified atom stereocenters. The minimum Gasteiger partial charge on any atom is -0.378 e. The molecule has 2 aliphatic heterocycles. The summed E-state index contributed by atoms with van der Waals surface area (Å²) in [6, 6.07) is 14.8. The lowest BCUT2D eigenvalue weighted by Gasteiger charge is -2.37. The minimum atomic E-state index is -3.83. The number of benzene rings is 2. The predicted octanol–water partition coefficient (Wildman–Crippen LogP) is 6.06. The van der Waals surface area contributed by atoms with Crippen LogP contribution in [0.25, 0.3) is 0 Å². The molecule has 1 aliphatic carbocycles. The molecule has 1 saturated carbocycles. The van der Waals surface area contributed by atoms with E-state index in [4.69, 9.17) is 11.6 Å². The first-order chi connectivity index (χ1) is 22.9. The quantitative estimate of drug-likeness (QED) is 0.309. The number of sulfonamides is 1. The number of hydrogen-bond acceptors (Lipinski definition) is 6. The Kier molecular flexibility index (Phi) is 13.1. The van der Waals surface area contributed by atoms with Gasteiger partial charge < -0.3 is 9.80 Å². The number of hydrogen-bond donors (Lipinski definition) is 0. The van der Waals surface area contributed by atoms with Crippen molar-refractivity contribution in [3.63, 3.8) is 0 Å². The number of anilines is 1. The van der Waals surface area contributed by atoms with Crippen molar-refractivity contribution in [2.24, 2.45) is 5.92 Å². The van der Waals surface area contributed by atoms with E-state index in [2.05, 4.69) is 11.5 Å². The van der Waals surface area contributed by atoms with Crippen LogP contribution in [0.1, 0.15) is 69.3 Å². The van der Waals surface area contributed by atoms with E-state index < -0.39 is 20.2 Å². The second kappa shape index (κ2) is 16.8. The largest absolute Gasteiger partial charge is 0.378 e. The fourth-order valence-corrected chi connectivity index (χ4v) is 11.0. The second-order valence-corrected chi connectivity index (χ2v) is 18.3. The number of piperidine rings is 1. The van der Waals surface area contributed by atoms with Crippen LogP contribution in [0.3, 0.4) is 0 Å². The average molecular weight is 720 g/mol. The fourth-order valence-electron chi connectivity index (χ4n) is 7.51. The van der Waals surface area contributed by atoms with E-state index in [1.807, 2.05) is 55.4 Å². The third-order valence-electron chi connectivity index (χ3n) is 10.2. The summed E-state index contributed by atoms with van der Waals surface area (Å²) in [5, 5.41) is 0.726. The van der Waals surface area contributed by atoms with Crippen LogP contribution in [0.15, 0.2) is 65.6 Å². The highest BCUT2D eigenvalue weighted by molar-refractivity contribution is 7.89. The van der Waals surface area contributed by atoms with Crippen LogP contribution in [0.4, 0.5) is 5.69 Å². The van der Waals surface area contributed by atoms with E-state index >= 15 is 0 Å². The Balaban J connectivity index is 1.35. The summed E-state index contributed by atoms with van der Waals surface area (Å²) in [4.78, 5) is 4.62. The van der Waals surface area contributed by atoms with Gasteiger partial charge in [-0.2, -0.15) is 21.3 Å². The zero-order valence-electron chi connectivity index (χ0n) is 28.8. The maximum absolute atomic E-state index is 14.2. The van der Waals surface area contributed by atoms with Crippen molar-refractivity contribution >= 4 is 37.5 Å². The Labute approximate surface area is 294 Å². The Morgan fingerprint density at radius 1 is 0.729 bits per heavy atom. The third-order valence-corrected chi connectivity index (χ3v) is 14.4. The minimum absolute atomic E-state index is 0.0704. The first-order valence-corrected chi connectivity index (χ1v) is 20.8. The summed E-state index contributed by atoms with van der Waals surface area (Å²) in [5.41, 5.74) is 2.56. The zero-order chi connectivity index (χ0) is 34.3. The van der Waals surface area contributed by atoms with Crippen molar-refractivity contribution in [1.82, 2.24) is 17.8 Å². The molecule has 266 valence electrons. The van der Waals surface area contributed by atoms with Gasteiger partial charge in [0.05, 0.1) is 4.90 Å². The Bertz CT molecular complexity index is 1570. The van der Waals surface area contributed by atoms with Crippen LogP contribution < -0.4 is 4.90 Å². The van der Waals surface area contributed by atoms with Crippen molar-refractivity contribution in [2.75, 3.05) is 77.9 Å². The Morgan fingerprint density at radius 2 is 1.33 bits per heavy atom. The molecule has 9 nitrogen and oxygen atoms in total. The SMILES string of the molecule is C=C1CN(S(=O)(=O)c2ccc(N(C)C)cc2)CCCN(CC2CCCCC2)CCCN(S(=O)(=O)N2CCC(c3ccccc3Cl)CC2)C1. The third kappa shape index (κ3) is 9.41. The normalized spacial score (nSPS) is 21.9. The van der Waals surface area contributed by atoms with Gasteiger partial charge in [-0.25, -0.2) is 8.42 Å². The lowest BCUT2D eigenvalue weighted by molar-refractivity contribution is 0.187. The van der Waals surface area contributed by atoms with Gasteiger partial charge in [0.2, 0.25) is 10.0 Å². The molecule has 0 amide bonds. The summed E-state index contributed by atoms with van der Waals surface area (Å²) in [7, 11) is -3.80. The highest BCUT2D eigenvalue weighted by Gasteiger charge is 2.35. The van der Waals surface area contributed by atoms with Gasteiger partial charge in [0, 0.05) is 70.6 Å². The molecule has 0 spiro atoms. The van der Waals surface area contributed by atoms with Crippen LogP contribution in [0.5, 0.6) is 0 Å². The first-order valence-electron chi connectivity index (χ1n) is 17.6. The second-order valence-electron chi connectivity index (χ2n) is 14.0. The van der Waals surface area contributed by atoms with Crippen LogP contribution in [-0.2, 0) is 20.2 Å². The van der Waals surface area contributed by atoms with Crippen molar-refractivity contribution in [3.8, 4) is 0 Å². The van der Waals surface area contributed by atoms with Crippen molar-refractivity contribution < 1.29 is 16.8 Å². The lowest BCUT2D eigenvalue weighted by atomic mass is 9.89. The van der Waals surface area contributed by atoms with Crippen LogP contribution in [0, 0.1) is 5.92 Å². The van der Waals surface area contributed by atoms with E-state index in [1.54, 1.807) is 20.7 Å². The van der Waals surface area contributed by atoms with Gasteiger partial charge >= 0.3 is 0 Å². The summed E-state index contributed by atoms with van der Waals surface area (Å²) < 4.78 is 61.2. The fraction of sp³-hybridized carbons (Fsp3) is 0.611. The molecule has 12 heteroatoms. The summed E-state index contributed by atoms with van der Waals surface area (Å²) >= 11 is 6.48. The van der Waals surface area contributed by atoms with E-state index in [0.717, 1.165) is 42.3 Å². The van der Waals surface area contributed by atoms with Crippen LogP contribution in [0.2, 0.25) is 5.02 Å². The first kappa shape index (κ1) is 37.3. The number of nitrogens with zero attached hydrogens (tertiary/aromatic N) is 5. The zero-order valence-corrected chi connectivity index (χ0v) is 31.2. The molecule has 48 heavy (non-hydrogen) atoms. The van der Waals surface area contributed by atoms with E-state index in [9.17, 15) is 16.8 Å². The maximum Gasteiger partial charge on any atom is 0.282 e. The molecule has 0 aromatic heterocycles. The van der Waals surface area contributed by atoms with Gasteiger partial charge in [-0.05, 0) is 105 Å². The Morgan fingerprint density at radius 3 is 1.96 bits per heavy atom. The van der Waals surface area contributed by atoms with Crippen molar-refractivity contribution in [3.05, 3.63) is 71.3 Å². The molecular formula is C36H54ClN5O4S2. The highest BCUT2D eigenvalue weighted by Crippen LogP contribution is 2.34. The molecule has 2 aromatic rings. The van der Waals surface area contributed by atoms with E-state index in [1.165, 1.54) is 36.4 Å². The molecule has 3 fully saturated rings. The van der Waals surface area contributed by atoms with E-state index in [-0.39, 0.29) is 23.9 Å². The standard InChI is InChI=1S/C36H54ClN5O4S2/c1-30-27-41(47(43,44)34-17-15-33(16-18-34)38(2)3)23-9-21-39(29-31-11-5-4-6-12-31)22-10-24-42(28-30)48(45,46)40-25-19-32(20-26-40)35-13-7-8-14-36(35)37/h7-8,13-18,31-32H,1,4-6,9-12,19-29H2,2-3H3. The number of rotatable bonds is 8. The van der Waals surface area contributed by atoms with Gasteiger partial charge in [0.25, 0.3) is 10.2 Å². The summed E-state index contributed by atoms with van der Waals surface area (Å²) in [6.45, 7) is 8.47. The Hall–Kier alpha value is -1.99. The van der Waals surface area contributed by atoms with Gasteiger partial charge in [-0.15, -0.1) is 0 Å². The van der Waals surface area contributed by atoms with Gasteiger partial charge in [-0.1, -0.05) is 55.6 Å². The molecule has 3 aliphatic rings. The maximum atomic E-state index is 14.2. The molecule has 2 heterocycles. The highest BCUT2D eigenvalue weighted by atomic mass is 35.5. The molecule has 0 bridgehead atoms. The molecule has 0 N–H and O–H groups in total. The van der Waals surface area contributed by atoms with Crippen LogP contribution >= 0.6 is 11.6 Å². The van der Waals surface area contributed by atoms with Crippen molar-refractivity contribution in [2.45, 2.75) is 68.6 Å². The number of halogens is 1. The predicted molar refractivity (Wildman–Crippen MR) is 196 cm³/mol. The molecule has 0 radical (unpaired) electrons. The molecule has 2 aromatic carbocycles. The summed E-state index contributed by atoms with van der Waals surface area (Å²) in [6.07, 6.45) is 9.10. The van der Waals surface area contributed by atoms with Crippen molar-refractivity contribution in [1.29, 1.82) is 0 Å². The monoisotopic (exact) mass is 719 g/mol. The van der Waals surface area contributed by atoms with Gasteiger partial charge in [-0.3, -0.25) is 0 Å². The van der Waals surface area contributed by atoms with Gasteiger partial charge in [0.1, 0.15) is 0 Å². The lowest BCUT2D eigenvalue weighted by Crippen LogP contribution is -2.49.